The van der Waals surface area contributed by atoms with Crippen LogP contribution < -0.4 is 16.4 Å². The maximum Gasteiger partial charge on any atom is 0.256 e. The normalized spacial score (nSPS) is 10.8. The molecule has 6 nitrogen and oxygen atoms in total. The Morgan fingerprint density at radius 1 is 1.23 bits per heavy atom. The lowest BCUT2D eigenvalue weighted by Crippen LogP contribution is -2.23. The summed E-state index contributed by atoms with van der Waals surface area (Å²) in [5, 5.41) is 17.3. The van der Waals surface area contributed by atoms with Gasteiger partial charge in [0.1, 0.15) is 28.0 Å². The third-order valence-electron chi connectivity index (χ3n) is 5.56. The Morgan fingerprint density at radius 3 is 2.51 bits per heavy atom. The third-order valence-corrected chi connectivity index (χ3v) is 6.93. The number of pyridine rings is 1. The molecule has 35 heavy (non-hydrogen) atoms. The first-order chi connectivity index (χ1) is 16.8. The lowest BCUT2D eigenvalue weighted by molar-refractivity contribution is 0.0960. The number of amides is 1. The Bertz CT molecular complexity index is 1450. The maximum absolute atomic E-state index is 13.2. The van der Waals surface area contributed by atoms with Gasteiger partial charge in [-0.2, -0.15) is 5.26 Å². The molecule has 2 aromatic heterocycles. The fourth-order valence-corrected chi connectivity index (χ4v) is 5.11. The highest BCUT2D eigenvalue weighted by atomic mass is 35.5. The third kappa shape index (κ3) is 4.85. The second kappa shape index (κ2) is 10.2. The zero-order chi connectivity index (χ0) is 25.1. The van der Waals surface area contributed by atoms with Gasteiger partial charge in [0.15, 0.2) is 0 Å². The second-order valence-corrected chi connectivity index (χ2v) is 9.71. The number of anilines is 3. The minimum Gasteiger partial charge on any atom is -0.383 e. The first-order valence-corrected chi connectivity index (χ1v) is 12.2. The minimum absolute atomic E-state index is 0.0633. The molecule has 0 radical (unpaired) electrons. The van der Waals surface area contributed by atoms with Gasteiger partial charge < -0.3 is 16.4 Å². The van der Waals surface area contributed by atoms with Crippen LogP contribution >= 0.6 is 22.9 Å². The molecule has 0 aliphatic rings. The van der Waals surface area contributed by atoms with Crippen LogP contribution in [0.25, 0.3) is 21.3 Å². The number of halogens is 1. The van der Waals surface area contributed by atoms with Gasteiger partial charge in [0.05, 0.1) is 10.2 Å². The van der Waals surface area contributed by atoms with Crippen LogP contribution in [0, 0.1) is 11.3 Å². The summed E-state index contributed by atoms with van der Waals surface area (Å²) in [6.07, 6.45) is 1.61. The van der Waals surface area contributed by atoms with E-state index in [4.69, 9.17) is 17.3 Å². The Morgan fingerprint density at radius 2 is 1.91 bits per heavy atom. The summed E-state index contributed by atoms with van der Waals surface area (Å²) >= 11 is 7.45. The first-order valence-electron chi connectivity index (χ1n) is 11.0. The van der Waals surface area contributed by atoms with Crippen LogP contribution in [0.1, 0.15) is 41.3 Å². The van der Waals surface area contributed by atoms with Gasteiger partial charge in [0.2, 0.25) is 0 Å². The monoisotopic (exact) mass is 501 g/mol. The lowest BCUT2D eigenvalue weighted by Gasteiger charge is -2.10. The molecule has 4 rings (SSSR count). The minimum atomic E-state index is -0.309. The molecule has 0 saturated heterocycles. The number of nitrogens with zero attached hydrogens (tertiary/aromatic N) is 2. The number of carbonyl (C=O) groups excluding carboxylic acids is 1. The summed E-state index contributed by atoms with van der Waals surface area (Å²) in [6, 6.07) is 17.4. The lowest BCUT2D eigenvalue weighted by atomic mass is 10.00. The van der Waals surface area contributed by atoms with E-state index in [0.717, 1.165) is 11.3 Å². The Labute approximate surface area is 213 Å². The number of hydrogen-bond donors (Lipinski definition) is 3. The molecule has 0 fully saturated rings. The van der Waals surface area contributed by atoms with E-state index in [-0.39, 0.29) is 17.3 Å². The summed E-state index contributed by atoms with van der Waals surface area (Å²) in [7, 11) is 0. The predicted octanol–water partition coefficient (Wildman–Crippen LogP) is 6.85. The van der Waals surface area contributed by atoms with Crippen molar-refractivity contribution in [1.29, 1.82) is 5.26 Å². The molecule has 8 heteroatoms. The van der Waals surface area contributed by atoms with Crippen molar-refractivity contribution in [3.05, 3.63) is 82.9 Å². The standard InChI is InChI=1S/C27H24ClN5OS/c1-4-13-31-26(34)22-23-24(35-27(22)32-19-11-7-16(8-12-19)15(2)3)21(20(14-29)25(30)33-23)17-5-9-18(28)10-6-17/h4-12,15,32H,1,13H2,2-3H3,(H2,30,33)(H,31,34). The summed E-state index contributed by atoms with van der Waals surface area (Å²) in [5.74, 6) is 0.164. The molecule has 1 amide bonds. The molecule has 0 bridgehead atoms. The van der Waals surface area contributed by atoms with E-state index >= 15 is 0 Å². The van der Waals surface area contributed by atoms with Crippen molar-refractivity contribution in [1.82, 2.24) is 10.3 Å². The van der Waals surface area contributed by atoms with Crippen molar-refractivity contribution in [2.45, 2.75) is 19.8 Å². The van der Waals surface area contributed by atoms with Crippen LogP contribution in [0.3, 0.4) is 0 Å². The molecule has 2 heterocycles. The van der Waals surface area contributed by atoms with Gasteiger partial charge in [-0.15, -0.1) is 17.9 Å². The Kier molecular flexibility index (Phi) is 7.06. The molecule has 2 aromatic carbocycles. The van der Waals surface area contributed by atoms with E-state index in [1.165, 1.54) is 16.9 Å². The number of hydrogen-bond acceptors (Lipinski definition) is 6. The first kappa shape index (κ1) is 24.3. The quantitative estimate of drug-likeness (QED) is 0.240. The van der Waals surface area contributed by atoms with Crippen molar-refractivity contribution >= 4 is 55.6 Å². The van der Waals surface area contributed by atoms with E-state index in [1.807, 2.05) is 24.3 Å². The molecule has 176 valence electrons. The average Bonchev–Trinajstić information content (AvgIpc) is 3.19. The maximum atomic E-state index is 13.2. The topological polar surface area (TPSA) is 104 Å². The highest BCUT2D eigenvalue weighted by molar-refractivity contribution is 7.24. The number of nitriles is 1. The fourth-order valence-electron chi connectivity index (χ4n) is 3.76. The molecule has 0 atom stereocenters. The van der Waals surface area contributed by atoms with Crippen molar-refractivity contribution in [2.75, 3.05) is 17.6 Å². The summed E-state index contributed by atoms with van der Waals surface area (Å²) < 4.78 is 0.683. The van der Waals surface area contributed by atoms with Gasteiger partial charge in [0, 0.05) is 22.8 Å². The zero-order valence-corrected chi connectivity index (χ0v) is 20.9. The van der Waals surface area contributed by atoms with Crippen molar-refractivity contribution in [3.63, 3.8) is 0 Å². The molecule has 0 unspecified atom stereocenters. The number of nitrogens with two attached hydrogens (primary N) is 1. The van der Waals surface area contributed by atoms with Crippen LogP contribution in [0.15, 0.2) is 61.2 Å². The smallest absolute Gasteiger partial charge is 0.256 e. The van der Waals surface area contributed by atoms with Crippen molar-refractivity contribution in [3.8, 4) is 17.2 Å². The molecular weight excluding hydrogens is 478 g/mol. The number of aromatic nitrogens is 1. The summed E-state index contributed by atoms with van der Waals surface area (Å²) in [5.41, 5.74) is 10.7. The van der Waals surface area contributed by atoms with E-state index in [1.54, 1.807) is 18.2 Å². The fraction of sp³-hybridized carbons (Fsp3) is 0.148. The Hall–Kier alpha value is -3.86. The largest absolute Gasteiger partial charge is 0.383 e. The highest BCUT2D eigenvalue weighted by Crippen LogP contribution is 2.44. The van der Waals surface area contributed by atoms with Crippen LogP contribution in [0.2, 0.25) is 5.02 Å². The zero-order valence-electron chi connectivity index (χ0n) is 19.4. The molecule has 0 saturated carbocycles. The molecule has 4 aromatic rings. The van der Waals surface area contributed by atoms with Gasteiger partial charge in [-0.05, 0) is 41.3 Å². The SMILES string of the molecule is C=CCNC(=O)c1c(Nc2ccc(C(C)C)cc2)sc2c(-c3ccc(Cl)cc3)c(C#N)c(N)nc12. The number of fused-ring (bicyclic) bond motifs is 1. The summed E-state index contributed by atoms with van der Waals surface area (Å²) in [6.45, 7) is 8.25. The number of benzene rings is 2. The number of nitrogen functional groups attached to an aromatic ring is 1. The van der Waals surface area contributed by atoms with E-state index in [9.17, 15) is 10.1 Å². The van der Waals surface area contributed by atoms with Crippen LogP contribution in [-0.2, 0) is 0 Å². The number of thiophene rings is 1. The van der Waals surface area contributed by atoms with Gasteiger partial charge in [-0.3, -0.25) is 4.79 Å². The average molecular weight is 502 g/mol. The molecular formula is C27H24ClN5OS. The van der Waals surface area contributed by atoms with Crippen molar-refractivity contribution < 1.29 is 4.79 Å². The highest BCUT2D eigenvalue weighted by Gasteiger charge is 2.26. The second-order valence-electron chi connectivity index (χ2n) is 8.25. The molecule has 4 N–H and O–H groups in total. The van der Waals surface area contributed by atoms with Gasteiger partial charge in [-0.1, -0.05) is 55.8 Å². The van der Waals surface area contributed by atoms with E-state index < -0.39 is 0 Å². The Balaban J connectivity index is 1.95. The van der Waals surface area contributed by atoms with Crippen LogP contribution in [-0.4, -0.2) is 17.4 Å². The predicted molar refractivity (Wildman–Crippen MR) is 146 cm³/mol. The van der Waals surface area contributed by atoms with Gasteiger partial charge >= 0.3 is 0 Å². The van der Waals surface area contributed by atoms with Crippen LogP contribution in [0.4, 0.5) is 16.5 Å². The summed E-state index contributed by atoms with van der Waals surface area (Å²) in [4.78, 5) is 17.7. The van der Waals surface area contributed by atoms with Crippen molar-refractivity contribution in [2.24, 2.45) is 0 Å². The van der Waals surface area contributed by atoms with E-state index in [2.05, 4.69) is 54.2 Å². The molecule has 0 aliphatic carbocycles. The number of rotatable bonds is 7. The van der Waals surface area contributed by atoms with Crippen LogP contribution in [0.5, 0.6) is 0 Å². The molecule has 0 aliphatic heterocycles. The van der Waals surface area contributed by atoms with E-state index in [0.29, 0.717) is 43.8 Å². The number of nitrogens with one attached hydrogen (secondary N) is 2. The number of carbonyl (C=O) groups is 1. The van der Waals surface area contributed by atoms with Gasteiger partial charge in [0.25, 0.3) is 5.91 Å². The molecule has 0 spiro atoms. The van der Waals surface area contributed by atoms with Gasteiger partial charge in [-0.25, -0.2) is 4.98 Å².